The largest absolute Gasteiger partial charge is 0.489 e. The average molecular weight is 313 g/mol. The summed E-state index contributed by atoms with van der Waals surface area (Å²) in [5.74, 6) is 0.710. The van der Waals surface area contributed by atoms with Crippen LogP contribution in [-0.4, -0.2) is 24.2 Å². The molecule has 0 aliphatic carbocycles. The monoisotopic (exact) mass is 313 g/mol. The molecule has 0 radical (unpaired) electrons. The number of benzene rings is 2. The molecule has 2 aromatic carbocycles. The summed E-state index contributed by atoms with van der Waals surface area (Å²) in [7, 11) is 0. The van der Waals surface area contributed by atoms with Gasteiger partial charge in [-0.15, -0.1) is 0 Å². The van der Waals surface area contributed by atoms with Gasteiger partial charge in [-0.25, -0.2) is 0 Å². The van der Waals surface area contributed by atoms with Crippen molar-refractivity contribution >= 4 is 5.91 Å². The molecule has 23 heavy (non-hydrogen) atoms. The highest BCUT2D eigenvalue weighted by Gasteiger charge is 2.04. The molecule has 0 atom stereocenters. The van der Waals surface area contributed by atoms with Gasteiger partial charge < -0.3 is 15.2 Å². The summed E-state index contributed by atoms with van der Waals surface area (Å²) in [6.45, 7) is 3.15. The maximum absolute atomic E-state index is 11.8. The second-order valence-corrected chi connectivity index (χ2v) is 5.53. The number of aryl methyl sites for hydroxylation is 1. The molecule has 2 rings (SSSR count). The lowest BCUT2D eigenvalue weighted by atomic mass is 10.1. The van der Waals surface area contributed by atoms with Crippen LogP contribution in [0.2, 0.25) is 0 Å². The molecule has 0 aliphatic heterocycles. The molecule has 4 nitrogen and oxygen atoms in total. The van der Waals surface area contributed by atoms with Crippen molar-refractivity contribution in [2.24, 2.45) is 0 Å². The van der Waals surface area contributed by atoms with E-state index in [0.29, 0.717) is 26.0 Å². The van der Waals surface area contributed by atoms with Gasteiger partial charge in [0.25, 0.3) is 0 Å². The predicted octanol–water partition coefficient (Wildman–Crippen LogP) is 2.62. The molecule has 0 bridgehead atoms. The van der Waals surface area contributed by atoms with Crippen molar-refractivity contribution < 1.29 is 14.6 Å². The lowest BCUT2D eigenvalue weighted by molar-refractivity contribution is -0.120. The minimum Gasteiger partial charge on any atom is -0.489 e. The van der Waals surface area contributed by atoms with Crippen LogP contribution in [-0.2, 0) is 17.8 Å². The highest BCUT2D eigenvalue weighted by Crippen LogP contribution is 2.16. The summed E-state index contributed by atoms with van der Waals surface area (Å²) >= 11 is 0. The van der Waals surface area contributed by atoms with Gasteiger partial charge in [-0.05, 0) is 36.6 Å². The smallest absolute Gasteiger partial charge is 0.224 e. The van der Waals surface area contributed by atoms with E-state index in [1.165, 1.54) is 5.56 Å². The molecule has 0 fully saturated rings. The van der Waals surface area contributed by atoms with Gasteiger partial charge in [0.15, 0.2) is 0 Å². The first-order valence-corrected chi connectivity index (χ1v) is 7.82. The van der Waals surface area contributed by atoms with E-state index in [2.05, 4.69) is 24.4 Å². The molecule has 4 heteroatoms. The third-order valence-corrected chi connectivity index (χ3v) is 3.41. The van der Waals surface area contributed by atoms with Crippen molar-refractivity contribution in [2.45, 2.75) is 26.4 Å². The molecule has 0 unspecified atom stereocenters. The molecule has 2 N–H and O–H groups in total. The number of ether oxygens (including phenoxy) is 1. The minimum atomic E-state index is -0.0470. The zero-order chi connectivity index (χ0) is 16.5. The fourth-order valence-corrected chi connectivity index (χ4v) is 2.27. The van der Waals surface area contributed by atoms with Crippen molar-refractivity contribution in [2.75, 3.05) is 13.2 Å². The molecule has 1 amide bonds. The maximum Gasteiger partial charge on any atom is 0.224 e. The Balaban J connectivity index is 1.88. The van der Waals surface area contributed by atoms with Gasteiger partial charge in [0, 0.05) is 13.2 Å². The summed E-state index contributed by atoms with van der Waals surface area (Å²) in [6, 6.07) is 15.8. The van der Waals surface area contributed by atoms with Crippen LogP contribution in [0.15, 0.2) is 48.5 Å². The SMILES string of the molecule is Cc1cccc(COc2cccc(CC(=O)NCCCO)c2)c1. The molecule has 0 spiro atoms. The van der Waals surface area contributed by atoms with Crippen LogP contribution in [0.5, 0.6) is 5.75 Å². The van der Waals surface area contributed by atoms with Gasteiger partial charge in [0.05, 0.1) is 6.42 Å². The van der Waals surface area contributed by atoms with Gasteiger partial charge in [-0.2, -0.15) is 0 Å². The molecule has 122 valence electrons. The summed E-state index contributed by atoms with van der Waals surface area (Å²) < 4.78 is 5.80. The highest BCUT2D eigenvalue weighted by atomic mass is 16.5. The minimum absolute atomic E-state index is 0.0470. The van der Waals surface area contributed by atoms with Gasteiger partial charge >= 0.3 is 0 Å². The van der Waals surface area contributed by atoms with Crippen molar-refractivity contribution in [1.29, 1.82) is 0 Å². The second kappa shape index (κ2) is 8.96. The van der Waals surface area contributed by atoms with E-state index in [1.54, 1.807) is 0 Å². The van der Waals surface area contributed by atoms with Crippen LogP contribution < -0.4 is 10.1 Å². The predicted molar refractivity (Wildman–Crippen MR) is 90.4 cm³/mol. The Labute approximate surface area is 137 Å². The Hall–Kier alpha value is -2.33. The topological polar surface area (TPSA) is 58.6 Å². The van der Waals surface area contributed by atoms with E-state index >= 15 is 0 Å². The Morgan fingerprint density at radius 3 is 2.70 bits per heavy atom. The van der Waals surface area contributed by atoms with Gasteiger partial charge in [-0.3, -0.25) is 4.79 Å². The number of rotatable bonds is 8. The number of aliphatic hydroxyl groups excluding tert-OH is 1. The quantitative estimate of drug-likeness (QED) is 0.737. The highest BCUT2D eigenvalue weighted by molar-refractivity contribution is 5.78. The number of carbonyl (C=O) groups excluding carboxylic acids is 1. The lowest BCUT2D eigenvalue weighted by Crippen LogP contribution is -2.26. The van der Waals surface area contributed by atoms with Crippen molar-refractivity contribution in [1.82, 2.24) is 5.32 Å². The maximum atomic E-state index is 11.8. The number of carbonyl (C=O) groups is 1. The number of amides is 1. The molecule has 0 saturated carbocycles. The molecule has 0 aliphatic rings. The summed E-state index contributed by atoms with van der Waals surface area (Å²) in [5.41, 5.74) is 3.24. The Bertz CT molecular complexity index is 640. The fourth-order valence-electron chi connectivity index (χ4n) is 2.27. The van der Waals surface area contributed by atoms with E-state index in [9.17, 15) is 4.79 Å². The van der Waals surface area contributed by atoms with Crippen LogP contribution in [0.3, 0.4) is 0 Å². The van der Waals surface area contributed by atoms with Crippen molar-refractivity contribution in [3.05, 3.63) is 65.2 Å². The van der Waals surface area contributed by atoms with Crippen LogP contribution in [0, 0.1) is 6.92 Å². The molecule has 2 aromatic rings. The number of hydrogen-bond acceptors (Lipinski definition) is 3. The summed E-state index contributed by atoms with van der Waals surface area (Å²) in [5, 5.41) is 11.5. The average Bonchev–Trinajstić information content (AvgIpc) is 2.54. The Kier molecular flexibility index (Phi) is 6.63. The number of hydrogen-bond donors (Lipinski definition) is 2. The van der Waals surface area contributed by atoms with Gasteiger partial charge in [-0.1, -0.05) is 42.0 Å². The van der Waals surface area contributed by atoms with E-state index in [4.69, 9.17) is 9.84 Å². The van der Waals surface area contributed by atoms with E-state index in [0.717, 1.165) is 16.9 Å². The first-order chi connectivity index (χ1) is 11.2. The van der Waals surface area contributed by atoms with Crippen molar-refractivity contribution in [3.63, 3.8) is 0 Å². The van der Waals surface area contributed by atoms with Crippen LogP contribution in [0.25, 0.3) is 0 Å². The third-order valence-electron chi connectivity index (χ3n) is 3.41. The zero-order valence-corrected chi connectivity index (χ0v) is 13.4. The first kappa shape index (κ1) is 17.0. The van der Waals surface area contributed by atoms with Crippen molar-refractivity contribution in [3.8, 4) is 5.75 Å². The molecular weight excluding hydrogens is 290 g/mol. The van der Waals surface area contributed by atoms with Crippen LogP contribution in [0.4, 0.5) is 0 Å². The van der Waals surface area contributed by atoms with E-state index < -0.39 is 0 Å². The molecule has 0 heterocycles. The molecular formula is C19H23NO3. The Morgan fingerprint density at radius 2 is 1.91 bits per heavy atom. The summed E-state index contributed by atoms with van der Waals surface area (Å²) in [4.78, 5) is 11.8. The van der Waals surface area contributed by atoms with Crippen LogP contribution in [0.1, 0.15) is 23.1 Å². The first-order valence-electron chi connectivity index (χ1n) is 7.82. The summed E-state index contributed by atoms with van der Waals surface area (Å²) in [6.07, 6.45) is 0.887. The third kappa shape index (κ3) is 6.12. The van der Waals surface area contributed by atoms with E-state index in [-0.39, 0.29) is 12.5 Å². The Morgan fingerprint density at radius 1 is 1.13 bits per heavy atom. The normalized spacial score (nSPS) is 10.3. The van der Waals surface area contributed by atoms with Gasteiger partial charge in [0.1, 0.15) is 12.4 Å². The van der Waals surface area contributed by atoms with E-state index in [1.807, 2.05) is 36.4 Å². The van der Waals surface area contributed by atoms with Crippen LogP contribution >= 0.6 is 0 Å². The molecule has 0 aromatic heterocycles. The lowest BCUT2D eigenvalue weighted by Gasteiger charge is -2.09. The zero-order valence-electron chi connectivity index (χ0n) is 13.4. The second-order valence-electron chi connectivity index (χ2n) is 5.53. The standard InChI is InChI=1S/C19H23NO3/c1-15-5-2-7-17(11-15)14-23-18-8-3-6-16(12-18)13-19(22)20-9-4-10-21/h2-3,5-8,11-12,21H,4,9-10,13-14H2,1H3,(H,20,22). The fraction of sp³-hybridized carbons (Fsp3) is 0.316. The number of nitrogens with one attached hydrogen (secondary N) is 1. The number of aliphatic hydroxyl groups is 1. The molecule has 0 saturated heterocycles. The van der Waals surface area contributed by atoms with Gasteiger partial charge in [0.2, 0.25) is 5.91 Å².